The Balaban J connectivity index is 1.65. The van der Waals surface area contributed by atoms with Gasteiger partial charge < -0.3 is 14.3 Å². The zero-order chi connectivity index (χ0) is 14.4. The number of benzene rings is 1. The van der Waals surface area contributed by atoms with Crippen LogP contribution in [0.15, 0.2) is 23.4 Å². The number of nitrogens with zero attached hydrogens (tertiary/aromatic N) is 1. The van der Waals surface area contributed by atoms with Crippen molar-refractivity contribution in [1.82, 2.24) is 0 Å². The third-order valence-corrected chi connectivity index (χ3v) is 4.91. The molecule has 1 aromatic carbocycles. The van der Waals surface area contributed by atoms with Crippen LogP contribution in [-0.2, 0) is 14.3 Å². The van der Waals surface area contributed by atoms with Gasteiger partial charge >= 0.3 is 0 Å². The van der Waals surface area contributed by atoms with E-state index in [1.807, 2.05) is 18.2 Å². The second kappa shape index (κ2) is 5.43. The number of hydrogen-bond acceptors (Lipinski definition) is 4. The van der Waals surface area contributed by atoms with Gasteiger partial charge in [-0.25, -0.2) is 0 Å². The summed E-state index contributed by atoms with van der Waals surface area (Å²) in [5, 5.41) is 5.50. The maximum Gasteiger partial charge on any atom is 0.164 e. The summed E-state index contributed by atoms with van der Waals surface area (Å²) in [6.07, 6.45) is 3.00. The third-order valence-electron chi connectivity index (χ3n) is 4.28. The van der Waals surface area contributed by atoms with Crippen LogP contribution in [0.1, 0.15) is 24.8 Å². The highest BCUT2D eigenvalue weighted by Crippen LogP contribution is 2.45. The molecule has 0 amide bonds. The van der Waals surface area contributed by atoms with Gasteiger partial charge in [-0.2, -0.15) is 0 Å². The highest BCUT2D eigenvalue weighted by Gasteiger charge is 2.47. The fourth-order valence-corrected chi connectivity index (χ4v) is 3.57. The molecule has 0 radical (unpaired) electrons. The minimum absolute atomic E-state index is 0.0835. The highest BCUT2D eigenvalue weighted by molar-refractivity contribution is 6.40. The van der Waals surface area contributed by atoms with E-state index in [1.54, 1.807) is 0 Å². The maximum atomic E-state index is 6.32. The Morgan fingerprint density at radius 2 is 1.86 bits per heavy atom. The topological polar surface area (TPSA) is 40.0 Å². The minimum atomic E-state index is -0.176. The van der Waals surface area contributed by atoms with E-state index < -0.39 is 0 Å². The van der Waals surface area contributed by atoms with Crippen molar-refractivity contribution in [2.75, 3.05) is 6.79 Å². The van der Waals surface area contributed by atoms with Crippen LogP contribution in [0.4, 0.5) is 0 Å². The average Bonchev–Trinajstić information content (AvgIpc) is 3.16. The lowest BCUT2D eigenvalue weighted by Gasteiger charge is -2.30. The van der Waals surface area contributed by atoms with Crippen molar-refractivity contribution < 1.29 is 14.3 Å². The normalized spacial score (nSPS) is 29.0. The smallest absolute Gasteiger partial charge is 0.164 e. The molecule has 4 nitrogen and oxygen atoms in total. The Labute approximate surface area is 132 Å². The molecule has 6 heteroatoms. The second-order valence-electron chi connectivity index (χ2n) is 5.70. The standard InChI is InChI=1S/C15H15Cl2NO3/c16-10-2-1-3-11(17)13(10)14-9(6-12-19-7-20-12)15(21-18-14)8-4-5-8/h1-3,8-9,12,15H,4-7H2. The molecule has 0 spiro atoms. The summed E-state index contributed by atoms with van der Waals surface area (Å²) < 4.78 is 10.8. The molecule has 4 rings (SSSR count). The number of ether oxygens (including phenoxy) is 2. The monoisotopic (exact) mass is 327 g/mol. The molecular weight excluding hydrogens is 313 g/mol. The van der Waals surface area contributed by atoms with Crippen molar-refractivity contribution in [3.8, 4) is 0 Å². The molecule has 1 aliphatic carbocycles. The molecule has 2 aliphatic heterocycles. The van der Waals surface area contributed by atoms with Gasteiger partial charge in [-0.05, 0) is 30.9 Å². The van der Waals surface area contributed by atoms with E-state index in [1.165, 1.54) is 12.8 Å². The fraction of sp³-hybridized carbons (Fsp3) is 0.533. The first-order valence-electron chi connectivity index (χ1n) is 7.15. The summed E-state index contributed by atoms with van der Waals surface area (Å²) in [7, 11) is 0. The van der Waals surface area contributed by atoms with E-state index in [4.69, 9.17) is 37.5 Å². The van der Waals surface area contributed by atoms with Crippen LogP contribution in [0, 0.1) is 11.8 Å². The molecule has 2 atom stereocenters. The predicted molar refractivity (Wildman–Crippen MR) is 79.5 cm³/mol. The first-order valence-corrected chi connectivity index (χ1v) is 7.91. The Kier molecular flexibility index (Phi) is 3.58. The summed E-state index contributed by atoms with van der Waals surface area (Å²) in [5.74, 6) is 0.679. The largest absolute Gasteiger partial charge is 0.391 e. The maximum absolute atomic E-state index is 6.32. The Morgan fingerprint density at radius 3 is 2.43 bits per heavy atom. The number of rotatable bonds is 4. The molecule has 0 bridgehead atoms. The van der Waals surface area contributed by atoms with Crippen LogP contribution in [0.5, 0.6) is 0 Å². The number of halogens is 2. The van der Waals surface area contributed by atoms with E-state index in [0.717, 1.165) is 17.7 Å². The van der Waals surface area contributed by atoms with Crippen LogP contribution in [0.3, 0.4) is 0 Å². The number of oxime groups is 1. The summed E-state index contributed by atoms with van der Waals surface area (Å²) in [5.41, 5.74) is 1.59. The van der Waals surface area contributed by atoms with E-state index in [0.29, 0.717) is 22.8 Å². The lowest BCUT2D eigenvalue weighted by molar-refractivity contribution is -0.325. The number of hydrogen-bond donors (Lipinski definition) is 0. The van der Waals surface area contributed by atoms with Gasteiger partial charge in [0.1, 0.15) is 6.10 Å². The van der Waals surface area contributed by atoms with Crippen LogP contribution < -0.4 is 0 Å². The summed E-state index contributed by atoms with van der Waals surface area (Å²) in [6, 6.07) is 5.47. The van der Waals surface area contributed by atoms with Crippen LogP contribution in [0.2, 0.25) is 10.0 Å². The highest BCUT2D eigenvalue weighted by atomic mass is 35.5. The molecule has 1 aromatic rings. The SMILES string of the molecule is Clc1cccc(Cl)c1C1=NOC(C2CC2)C1CC1OCO1. The summed E-state index contributed by atoms with van der Waals surface area (Å²) in [6.45, 7) is 0.367. The molecule has 1 saturated carbocycles. The van der Waals surface area contributed by atoms with Gasteiger partial charge in [0.2, 0.25) is 0 Å². The van der Waals surface area contributed by atoms with Gasteiger partial charge in [-0.3, -0.25) is 0 Å². The molecule has 1 saturated heterocycles. The predicted octanol–water partition coefficient (Wildman–Crippen LogP) is 3.84. The summed E-state index contributed by atoms with van der Waals surface area (Å²) >= 11 is 12.6. The zero-order valence-electron chi connectivity index (χ0n) is 11.3. The molecule has 2 heterocycles. The van der Waals surface area contributed by atoms with E-state index in [2.05, 4.69) is 5.16 Å². The quantitative estimate of drug-likeness (QED) is 0.843. The molecule has 2 fully saturated rings. The lowest BCUT2D eigenvalue weighted by Crippen LogP contribution is -2.37. The zero-order valence-corrected chi connectivity index (χ0v) is 12.8. The van der Waals surface area contributed by atoms with Gasteiger partial charge in [-0.15, -0.1) is 0 Å². The fourth-order valence-electron chi connectivity index (χ4n) is 2.98. The van der Waals surface area contributed by atoms with Gasteiger partial charge in [0.05, 0.1) is 21.7 Å². The van der Waals surface area contributed by atoms with Crippen LogP contribution in [0.25, 0.3) is 0 Å². The Hall–Kier alpha value is -0.810. The van der Waals surface area contributed by atoms with Gasteiger partial charge in [0.15, 0.2) is 13.1 Å². The van der Waals surface area contributed by atoms with Crippen molar-refractivity contribution >= 4 is 28.9 Å². The first-order chi connectivity index (χ1) is 10.2. The van der Waals surface area contributed by atoms with Gasteiger partial charge in [-0.1, -0.05) is 34.4 Å². The molecule has 0 aromatic heterocycles. The van der Waals surface area contributed by atoms with Crippen molar-refractivity contribution in [3.63, 3.8) is 0 Å². The van der Waals surface area contributed by atoms with E-state index >= 15 is 0 Å². The first kappa shape index (κ1) is 13.8. The third kappa shape index (κ3) is 2.55. The van der Waals surface area contributed by atoms with Crippen molar-refractivity contribution in [2.45, 2.75) is 31.7 Å². The molecule has 2 unspecified atom stereocenters. The van der Waals surface area contributed by atoms with Crippen LogP contribution >= 0.6 is 23.2 Å². The molecule has 112 valence electrons. The minimum Gasteiger partial charge on any atom is -0.391 e. The molecule has 21 heavy (non-hydrogen) atoms. The average molecular weight is 328 g/mol. The Bertz CT molecular complexity index is 564. The van der Waals surface area contributed by atoms with Crippen molar-refractivity contribution in [1.29, 1.82) is 0 Å². The van der Waals surface area contributed by atoms with Crippen molar-refractivity contribution in [2.24, 2.45) is 17.0 Å². The van der Waals surface area contributed by atoms with Gasteiger partial charge in [0.25, 0.3) is 0 Å². The lowest BCUT2D eigenvalue weighted by atomic mass is 9.87. The summed E-state index contributed by atoms with van der Waals surface area (Å²) in [4.78, 5) is 5.70. The van der Waals surface area contributed by atoms with Gasteiger partial charge in [0, 0.05) is 12.0 Å². The second-order valence-corrected chi connectivity index (χ2v) is 6.52. The van der Waals surface area contributed by atoms with E-state index in [-0.39, 0.29) is 18.3 Å². The van der Waals surface area contributed by atoms with Crippen LogP contribution in [-0.4, -0.2) is 24.9 Å². The van der Waals surface area contributed by atoms with Crippen molar-refractivity contribution in [3.05, 3.63) is 33.8 Å². The molecule has 0 N–H and O–H groups in total. The van der Waals surface area contributed by atoms with E-state index in [9.17, 15) is 0 Å². The molecular formula is C15H15Cl2NO3. The Morgan fingerprint density at radius 1 is 1.14 bits per heavy atom. The molecule has 3 aliphatic rings.